The van der Waals surface area contributed by atoms with Gasteiger partial charge in [-0.1, -0.05) is 44.2 Å². The maximum Gasteiger partial charge on any atom is 0.410 e. The van der Waals surface area contributed by atoms with Crippen molar-refractivity contribution in [1.82, 2.24) is 10.2 Å². The molecule has 1 heterocycles. The van der Waals surface area contributed by atoms with Crippen LogP contribution < -0.4 is 5.32 Å². The Morgan fingerprint density at radius 1 is 1.28 bits per heavy atom. The van der Waals surface area contributed by atoms with Crippen molar-refractivity contribution in [3.8, 4) is 0 Å². The second-order valence-electron chi connectivity index (χ2n) is 6.46. The first-order chi connectivity index (χ1) is 11.9. The van der Waals surface area contributed by atoms with Crippen molar-refractivity contribution in [2.24, 2.45) is 5.92 Å². The SMILES string of the molecule is CC(C)[C@H](NC(=O)C1CCCN1C(=O)OCc1ccccc1)C(=O)O. The van der Waals surface area contributed by atoms with E-state index in [-0.39, 0.29) is 12.5 Å². The van der Waals surface area contributed by atoms with Gasteiger partial charge in [-0.05, 0) is 24.3 Å². The first-order valence-electron chi connectivity index (χ1n) is 8.40. The molecule has 2 amide bonds. The lowest BCUT2D eigenvalue weighted by Crippen LogP contribution is -2.52. The minimum Gasteiger partial charge on any atom is -0.480 e. The third-order valence-electron chi connectivity index (χ3n) is 4.23. The lowest BCUT2D eigenvalue weighted by atomic mass is 10.0. The van der Waals surface area contributed by atoms with Crippen LogP contribution >= 0.6 is 0 Å². The van der Waals surface area contributed by atoms with Crippen molar-refractivity contribution < 1.29 is 24.2 Å². The molecule has 2 rings (SSSR count). The lowest BCUT2D eigenvalue weighted by molar-refractivity contribution is -0.143. The Morgan fingerprint density at radius 2 is 1.96 bits per heavy atom. The van der Waals surface area contributed by atoms with Gasteiger partial charge in [-0.2, -0.15) is 0 Å². The number of aliphatic carboxylic acids is 1. The second-order valence-corrected chi connectivity index (χ2v) is 6.46. The average Bonchev–Trinajstić information content (AvgIpc) is 3.07. The van der Waals surface area contributed by atoms with Crippen molar-refractivity contribution >= 4 is 18.0 Å². The summed E-state index contributed by atoms with van der Waals surface area (Å²) < 4.78 is 5.28. The Morgan fingerprint density at radius 3 is 2.56 bits per heavy atom. The molecule has 0 spiro atoms. The van der Waals surface area contributed by atoms with Crippen molar-refractivity contribution in [2.75, 3.05) is 6.54 Å². The van der Waals surface area contributed by atoms with E-state index in [4.69, 9.17) is 4.74 Å². The molecule has 136 valence electrons. The summed E-state index contributed by atoms with van der Waals surface area (Å²) >= 11 is 0. The van der Waals surface area contributed by atoms with Crippen LogP contribution in [0, 0.1) is 5.92 Å². The number of likely N-dealkylation sites (tertiary alicyclic amines) is 1. The van der Waals surface area contributed by atoms with E-state index in [2.05, 4.69) is 5.32 Å². The highest BCUT2D eigenvalue weighted by atomic mass is 16.6. The number of carbonyl (C=O) groups is 3. The summed E-state index contributed by atoms with van der Waals surface area (Å²) in [6.45, 7) is 4.00. The fraction of sp³-hybridized carbons (Fsp3) is 0.500. The monoisotopic (exact) mass is 348 g/mol. The van der Waals surface area contributed by atoms with E-state index in [9.17, 15) is 19.5 Å². The number of carboxylic acid groups (broad SMARTS) is 1. The number of amides is 2. The Labute approximate surface area is 147 Å². The Bertz CT molecular complexity index is 617. The number of hydrogen-bond donors (Lipinski definition) is 2. The zero-order valence-corrected chi connectivity index (χ0v) is 14.5. The van der Waals surface area contributed by atoms with E-state index in [1.807, 2.05) is 30.3 Å². The summed E-state index contributed by atoms with van der Waals surface area (Å²) in [6, 6.07) is 7.61. The van der Waals surface area contributed by atoms with Crippen LogP contribution in [0.15, 0.2) is 30.3 Å². The van der Waals surface area contributed by atoms with Crippen LogP contribution in [0.5, 0.6) is 0 Å². The van der Waals surface area contributed by atoms with Gasteiger partial charge in [-0.25, -0.2) is 9.59 Å². The number of nitrogens with one attached hydrogen (secondary N) is 1. The molecule has 1 aromatic rings. The molecule has 0 aromatic heterocycles. The molecule has 0 aliphatic carbocycles. The average molecular weight is 348 g/mol. The smallest absolute Gasteiger partial charge is 0.410 e. The summed E-state index contributed by atoms with van der Waals surface area (Å²) in [5, 5.41) is 11.7. The molecule has 1 fully saturated rings. The van der Waals surface area contributed by atoms with Crippen LogP contribution in [0.1, 0.15) is 32.3 Å². The highest BCUT2D eigenvalue weighted by Crippen LogP contribution is 2.19. The summed E-state index contributed by atoms with van der Waals surface area (Å²) in [5.74, 6) is -1.78. The van der Waals surface area contributed by atoms with Crippen LogP contribution in [0.3, 0.4) is 0 Å². The van der Waals surface area contributed by atoms with Gasteiger partial charge in [0.25, 0.3) is 0 Å². The number of rotatable bonds is 6. The zero-order valence-electron chi connectivity index (χ0n) is 14.5. The molecule has 1 saturated heterocycles. The van der Waals surface area contributed by atoms with Crippen molar-refractivity contribution in [1.29, 1.82) is 0 Å². The van der Waals surface area contributed by atoms with E-state index < -0.39 is 30.1 Å². The van der Waals surface area contributed by atoms with Crippen LogP contribution in [-0.4, -0.2) is 46.6 Å². The fourth-order valence-corrected chi connectivity index (χ4v) is 2.82. The maximum atomic E-state index is 12.4. The first kappa shape index (κ1) is 18.8. The predicted molar refractivity (Wildman–Crippen MR) is 90.8 cm³/mol. The third-order valence-corrected chi connectivity index (χ3v) is 4.23. The normalized spacial score (nSPS) is 18.0. The van der Waals surface area contributed by atoms with Gasteiger partial charge in [0.1, 0.15) is 18.7 Å². The van der Waals surface area contributed by atoms with Gasteiger partial charge in [-0.3, -0.25) is 9.69 Å². The van der Waals surface area contributed by atoms with Crippen LogP contribution in [0.25, 0.3) is 0 Å². The molecule has 1 unspecified atom stereocenters. The third kappa shape index (κ3) is 4.95. The van der Waals surface area contributed by atoms with E-state index in [0.717, 1.165) is 5.56 Å². The lowest BCUT2D eigenvalue weighted by Gasteiger charge is -2.26. The molecule has 0 bridgehead atoms. The summed E-state index contributed by atoms with van der Waals surface area (Å²) in [6.07, 6.45) is 0.618. The van der Waals surface area contributed by atoms with Gasteiger partial charge in [0.2, 0.25) is 5.91 Å². The predicted octanol–water partition coefficient (Wildman–Crippen LogP) is 2.01. The number of nitrogens with zero attached hydrogens (tertiary/aromatic N) is 1. The molecule has 0 radical (unpaired) electrons. The Hall–Kier alpha value is -2.57. The van der Waals surface area contributed by atoms with Gasteiger partial charge in [0, 0.05) is 6.54 Å². The van der Waals surface area contributed by atoms with Gasteiger partial charge < -0.3 is 15.2 Å². The quantitative estimate of drug-likeness (QED) is 0.820. The van der Waals surface area contributed by atoms with Crippen LogP contribution in [0.4, 0.5) is 4.79 Å². The van der Waals surface area contributed by atoms with Gasteiger partial charge in [0.15, 0.2) is 0 Å². The second kappa shape index (κ2) is 8.50. The molecule has 7 nitrogen and oxygen atoms in total. The molecule has 2 atom stereocenters. The molecule has 25 heavy (non-hydrogen) atoms. The number of carboxylic acids is 1. The molecular formula is C18H24N2O5. The standard InChI is InChI=1S/C18H24N2O5/c1-12(2)15(17(22)23)19-16(21)14-9-6-10-20(14)18(24)25-11-13-7-4-3-5-8-13/h3-5,7-8,12,14-15H,6,9-11H2,1-2H3,(H,19,21)(H,22,23)/t14?,15-/m0/s1. The topological polar surface area (TPSA) is 95.9 Å². The van der Waals surface area contributed by atoms with Gasteiger partial charge >= 0.3 is 12.1 Å². The minimum absolute atomic E-state index is 0.133. The molecule has 1 aliphatic rings. The van der Waals surface area contributed by atoms with Crippen LogP contribution in [-0.2, 0) is 20.9 Å². The van der Waals surface area contributed by atoms with Crippen molar-refractivity contribution in [3.63, 3.8) is 0 Å². The van der Waals surface area contributed by atoms with E-state index in [0.29, 0.717) is 19.4 Å². The largest absolute Gasteiger partial charge is 0.480 e. The van der Waals surface area contributed by atoms with E-state index >= 15 is 0 Å². The maximum absolute atomic E-state index is 12.4. The molecule has 1 aliphatic heterocycles. The Kier molecular flexibility index (Phi) is 6.38. The van der Waals surface area contributed by atoms with Crippen molar-refractivity contribution in [3.05, 3.63) is 35.9 Å². The highest BCUT2D eigenvalue weighted by molar-refractivity contribution is 5.89. The minimum atomic E-state index is -1.08. The summed E-state index contributed by atoms with van der Waals surface area (Å²) in [5.41, 5.74) is 0.863. The van der Waals surface area contributed by atoms with Gasteiger partial charge in [0.05, 0.1) is 0 Å². The molecule has 2 N–H and O–H groups in total. The zero-order chi connectivity index (χ0) is 18.4. The van der Waals surface area contributed by atoms with E-state index in [1.54, 1.807) is 13.8 Å². The molecule has 7 heteroatoms. The number of carbonyl (C=O) groups excluding carboxylic acids is 2. The summed E-state index contributed by atoms with van der Waals surface area (Å²) in [7, 11) is 0. The highest BCUT2D eigenvalue weighted by Gasteiger charge is 2.37. The molecule has 0 saturated carbocycles. The van der Waals surface area contributed by atoms with E-state index in [1.165, 1.54) is 4.90 Å². The van der Waals surface area contributed by atoms with Crippen LogP contribution in [0.2, 0.25) is 0 Å². The number of benzene rings is 1. The first-order valence-corrected chi connectivity index (χ1v) is 8.40. The fourth-order valence-electron chi connectivity index (χ4n) is 2.82. The van der Waals surface area contributed by atoms with Gasteiger partial charge in [-0.15, -0.1) is 0 Å². The number of ether oxygens (including phenoxy) is 1. The Balaban J connectivity index is 1.95. The summed E-state index contributed by atoms with van der Waals surface area (Å²) in [4.78, 5) is 37.3. The molecular weight excluding hydrogens is 324 g/mol. The molecule has 1 aromatic carbocycles. The van der Waals surface area contributed by atoms with Crippen molar-refractivity contribution in [2.45, 2.75) is 45.4 Å². The number of hydrogen-bond acceptors (Lipinski definition) is 4.